The van der Waals surface area contributed by atoms with Crippen LogP contribution in [0.25, 0.3) is 22.4 Å². The van der Waals surface area contributed by atoms with Crippen LogP contribution in [0.1, 0.15) is 44.1 Å². The molecule has 4 fully saturated rings. The van der Waals surface area contributed by atoms with Crippen LogP contribution in [0.5, 0.6) is 11.5 Å². The van der Waals surface area contributed by atoms with E-state index in [4.69, 9.17) is 9.72 Å². The van der Waals surface area contributed by atoms with Crippen molar-refractivity contribution in [2.24, 2.45) is 17.8 Å². The third kappa shape index (κ3) is 2.40. The summed E-state index contributed by atoms with van der Waals surface area (Å²) in [4.78, 5) is 8.23. The Morgan fingerprint density at radius 1 is 1.00 bits per heavy atom. The van der Waals surface area contributed by atoms with E-state index in [1.54, 1.807) is 7.11 Å². The third-order valence-corrected chi connectivity index (χ3v) is 7.57. The van der Waals surface area contributed by atoms with E-state index < -0.39 is 0 Å². The molecule has 1 aromatic heterocycles. The molecular formula is C24H26N2O2. The number of aromatic nitrogens is 2. The zero-order chi connectivity index (χ0) is 18.9. The molecule has 0 saturated heterocycles. The SMILES string of the molecule is COc1ccc2[nH]c(-c3ccc(O)c(C45CC6CC(CC(C6)C4)C5)c3)nc2c1. The molecule has 4 aliphatic carbocycles. The van der Waals surface area contributed by atoms with Gasteiger partial charge in [0.15, 0.2) is 0 Å². The molecule has 4 saturated carbocycles. The zero-order valence-electron chi connectivity index (χ0n) is 16.2. The van der Waals surface area contributed by atoms with Crippen LogP contribution >= 0.6 is 0 Å². The molecule has 7 rings (SSSR count). The lowest BCUT2D eigenvalue weighted by Crippen LogP contribution is -2.48. The summed E-state index contributed by atoms with van der Waals surface area (Å²) in [5.74, 6) is 4.69. The lowest BCUT2D eigenvalue weighted by molar-refractivity contribution is -0.00611. The van der Waals surface area contributed by atoms with Crippen molar-refractivity contribution in [1.29, 1.82) is 0 Å². The van der Waals surface area contributed by atoms with Gasteiger partial charge in [-0.3, -0.25) is 0 Å². The molecule has 4 aliphatic rings. The smallest absolute Gasteiger partial charge is 0.138 e. The van der Waals surface area contributed by atoms with Gasteiger partial charge in [-0.05, 0) is 92.0 Å². The number of H-pyrrole nitrogens is 1. The van der Waals surface area contributed by atoms with Crippen molar-refractivity contribution in [3.05, 3.63) is 42.0 Å². The second kappa shape index (κ2) is 5.76. The number of benzene rings is 2. The van der Waals surface area contributed by atoms with Gasteiger partial charge in [0, 0.05) is 17.2 Å². The highest BCUT2D eigenvalue weighted by molar-refractivity contribution is 5.81. The number of imidazole rings is 1. The predicted molar refractivity (Wildman–Crippen MR) is 110 cm³/mol. The summed E-state index contributed by atoms with van der Waals surface area (Å²) in [5, 5.41) is 10.8. The van der Waals surface area contributed by atoms with E-state index in [1.165, 1.54) is 38.5 Å². The first-order valence-electron chi connectivity index (χ1n) is 10.5. The van der Waals surface area contributed by atoms with E-state index in [9.17, 15) is 5.11 Å². The molecule has 1 heterocycles. The minimum absolute atomic E-state index is 0.171. The fraction of sp³-hybridized carbons (Fsp3) is 0.458. The van der Waals surface area contributed by atoms with Gasteiger partial charge < -0.3 is 14.8 Å². The van der Waals surface area contributed by atoms with E-state index in [0.29, 0.717) is 5.75 Å². The van der Waals surface area contributed by atoms with Crippen molar-refractivity contribution in [3.8, 4) is 22.9 Å². The molecule has 2 aromatic carbocycles. The maximum atomic E-state index is 10.8. The summed E-state index contributed by atoms with van der Waals surface area (Å²) >= 11 is 0. The van der Waals surface area contributed by atoms with Gasteiger partial charge in [-0.15, -0.1) is 0 Å². The number of hydrogen-bond acceptors (Lipinski definition) is 3. The van der Waals surface area contributed by atoms with E-state index in [1.807, 2.05) is 30.3 Å². The van der Waals surface area contributed by atoms with E-state index in [-0.39, 0.29) is 5.41 Å². The Morgan fingerprint density at radius 2 is 1.71 bits per heavy atom. The van der Waals surface area contributed by atoms with Crippen LogP contribution in [-0.2, 0) is 5.41 Å². The quantitative estimate of drug-likeness (QED) is 0.644. The molecule has 0 radical (unpaired) electrons. The van der Waals surface area contributed by atoms with Gasteiger partial charge in [-0.1, -0.05) is 0 Å². The summed E-state index contributed by atoms with van der Waals surface area (Å²) in [6.07, 6.45) is 7.95. The number of methoxy groups -OCH3 is 1. The van der Waals surface area contributed by atoms with Gasteiger partial charge in [0.05, 0.1) is 18.1 Å². The van der Waals surface area contributed by atoms with Gasteiger partial charge in [-0.2, -0.15) is 0 Å². The number of nitrogens with one attached hydrogen (secondary N) is 1. The Hall–Kier alpha value is -2.49. The average molecular weight is 374 g/mol. The molecule has 0 aliphatic heterocycles. The lowest BCUT2D eigenvalue weighted by Gasteiger charge is -2.57. The van der Waals surface area contributed by atoms with Gasteiger partial charge >= 0.3 is 0 Å². The summed E-state index contributed by atoms with van der Waals surface area (Å²) < 4.78 is 5.32. The van der Waals surface area contributed by atoms with Crippen molar-refractivity contribution in [1.82, 2.24) is 9.97 Å². The highest BCUT2D eigenvalue weighted by atomic mass is 16.5. The molecule has 28 heavy (non-hydrogen) atoms. The van der Waals surface area contributed by atoms with Crippen LogP contribution in [0.2, 0.25) is 0 Å². The third-order valence-electron chi connectivity index (χ3n) is 7.57. The number of fused-ring (bicyclic) bond motifs is 1. The van der Waals surface area contributed by atoms with E-state index in [0.717, 1.165) is 51.5 Å². The monoisotopic (exact) mass is 374 g/mol. The van der Waals surface area contributed by atoms with Crippen molar-refractivity contribution in [3.63, 3.8) is 0 Å². The first kappa shape index (κ1) is 16.5. The largest absolute Gasteiger partial charge is 0.508 e. The maximum Gasteiger partial charge on any atom is 0.138 e. The maximum absolute atomic E-state index is 10.8. The molecule has 4 heteroatoms. The summed E-state index contributed by atoms with van der Waals surface area (Å²) in [7, 11) is 1.67. The van der Waals surface area contributed by atoms with Crippen LogP contribution in [0, 0.1) is 17.8 Å². The molecule has 0 unspecified atom stereocenters. The van der Waals surface area contributed by atoms with Crippen molar-refractivity contribution in [2.75, 3.05) is 7.11 Å². The number of rotatable bonds is 3. The highest BCUT2D eigenvalue weighted by Crippen LogP contribution is 2.62. The number of aromatic amines is 1. The van der Waals surface area contributed by atoms with Crippen molar-refractivity contribution in [2.45, 2.75) is 43.9 Å². The first-order valence-corrected chi connectivity index (χ1v) is 10.5. The van der Waals surface area contributed by atoms with E-state index >= 15 is 0 Å². The second-order valence-corrected chi connectivity index (χ2v) is 9.40. The van der Waals surface area contributed by atoms with Gasteiger partial charge in [-0.25, -0.2) is 4.98 Å². The summed E-state index contributed by atoms with van der Waals surface area (Å²) in [5.41, 5.74) is 4.28. The van der Waals surface area contributed by atoms with Crippen molar-refractivity contribution >= 4 is 11.0 Å². The Bertz CT molecular complexity index is 1030. The van der Waals surface area contributed by atoms with Gasteiger partial charge in [0.1, 0.15) is 17.3 Å². The number of nitrogens with zero attached hydrogens (tertiary/aromatic N) is 1. The van der Waals surface area contributed by atoms with Crippen LogP contribution in [-0.4, -0.2) is 22.2 Å². The minimum atomic E-state index is 0.171. The predicted octanol–water partition coefficient (Wildman–Crippen LogP) is 5.41. The first-order chi connectivity index (χ1) is 13.6. The Kier molecular flexibility index (Phi) is 3.38. The molecule has 4 nitrogen and oxygen atoms in total. The molecule has 0 atom stereocenters. The number of ether oxygens (including phenoxy) is 1. The number of hydrogen-bond donors (Lipinski definition) is 2. The summed E-state index contributed by atoms with van der Waals surface area (Å²) in [6.45, 7) is 0. The Balaban J connectivity index is 1.43. The minimum Gasteiger partial charge on any atom is -0.508 e. The van der Waals surface area contributed by atoms with E-state index in [2.05, 4.69) is 11.1 Å². The molecule has 0 amide bonds. The van der Waals surface area contributed by atoms with Crippen LogP contribution in [0.4, 0.5) is 0 Å². The van der Waals surface area contributed by atoms with Crippen molar-refractivity contribution < 1.29 is 9.84 Å². The number of aromatic hydroxyl groups is 1. The van der Waals surface area contributed by atoms with Crippen LogP contribution in [0.3, 0.4) is 0 Å². The number of phenolic OH excluding ortho intramolecular Hbond substituents is 1. The fourth-order valence-corrected chi connectivity index (χ4v) is 6.80. The standard InChI is InChI=1S/C24H26N2O2/c1-28-18-3-4-20-21(10-18)26-23(25-20)17-2-5-22(27)19(9-17)24-11-14-6-15(12-24)8-16(7-14)13-24/h2-5,9-10,14-16,27H,6-8,11-13H2,1H3,(H,25,26). The lowest BCUT2D eigenvalue weighted by atomic mass is 9.48. The highest BCUT2D eigenvalue weighted by Gasteiger charge is 2.52. The van der Waals surface area contributed by atoms with Crippen LogP contribution < -0.4 is 4.74 Å². The van der Waals surface area contributed by atoms with Gasteiger partial charge in [0.2, 0.25) is 0 Å². The molecule has 4 bridgehead atoms. The molecule has 3 aromatic rings. The molecule has 0 spiro atoms. The van der Waals surface area contributed by atoms with Gasteiger partial charge in [0.25, 0.3) is 0 Å². The second-order valence-electron chi connectivity index (χ2n) is 9.40. The number of phenols is 1. The zero-order valence-corrected chi connectivity index (χ0v) is 16.2. The molecular weight excluding hydrogens is 348 g/mol. The van der Waals surface area contributed by atoms with Crippen LogP contribution in [0.15, 0.2) is 36.4 Å². The average Bonchev–Trinajstić information content (AvgIpc) is 3.10. The Labute approximate surface area is 165 Å². The Morgan fingerprint density at radius 3 is 2.39 bits per heavy atom. The molecule has 144 valence electrons. The fourth-order valence-electron chi connectivity index (χ4n) is 6.80. The topological polar surface area (TPSA) is 58.1 Å². The summed E-state index contributed by atoms with van der Waals surface area (Å²) in [6, 6.07) is 12.0. The molecule has 2 N–H and O–H groups in total. The normalized spacial score (nSPS) is 30.8.